The largest absolute Gasteiger partial charge is 0.389 e. The lowest BCUT2D eigenvalue weighted by molar-refractivity contribution is -0.138. The molecule has 0 spiro atoms. The molecule has 1 fully saturated rings. The van der Waals surface area contributed by atoms with Crippen molar-refractivity contribution in [2.45, 2.75) is 25.1 Å². The molecule has 0 aromatic heterocycles. The monoisotopic (exact) mass is 428 g/mol. The molecule has 0 aliphatic carbocycles. The second kappa shape index (κ2) is 7.44. The van der Waals surface area contributed by atoms with Crippen molar-refractivity contribution in [3.63, 3.8) is 0 Å². The van der Waals surface area contributed by atoms with E-state index in [0.29, 0.717) is 0 Å². The van der Waals surface area contributed by atoms with Crippen LogP contribution in [-0.2, 0) is 0 Å². The molecule has 1 aliphatic heterocycles. The molecule has 2 rings (SSSR count). The molecule has 118 valence electrons. The van der Waals surface area contributed by atoms with Crippen LogP contribution >= 0.6 is 31.9 Å². The highest BCUT2D eigenvalue weighted by molar-refractivity contribution is 9.13. The maximum Gasteiger partial charge on any atom is 0.389 e. The van der Waals surface area contributed by atoms with Gasteiger partial charge in [0.2, 0.25) is 0 Å². The second-order valence-corrected chi connectivity index (χ2v) is 6.84. The highest BCUT2D eigenvalue weighted by Crippen LogP contribution is 2.34. The summed E-state index contributed by atoms with van der Waals surface area (Å²) in [6.07, 6.45) is -4.77. The van der Waals surface area contributed by atoms with E-state index in [-0.39, 0.29) is 12.5 Å². The zero-order valence-corrected chi connectivity index (χ0v) is 14.6. The van der Waals surface area contributed by atoms with Crippen molar-refractivity contribution in [2.75, 3.05) is 26.2 Å². The first-order valence-corrected chi connectivity index (χ1v) is 8.42. The SMILES string of the molecule is FC(F)(F)CC[C@H](c1ccc(Br)c(Br)c1)N1CCNCC1. The summed E-state index contributed by atoms with van der Waals surface area (Å²) in [4.78, 5) is 2.14. The summed E-state index contributed by atoms with van der Waals surface area (Å²) in [5.74, 6) is 0. The fourth-order valence-corrected chi connectivity index (χ4v) is 3.22. The third-order valence-corrected chi connectivity index (χ3v) is 5.50. The Hall–Kier alpha value is -0.110. The van der Waals surface area contributed by atoms with Crippen molar-refractivity contribution in [3.8, 4) is 0 Å². The molecule has 1 aliphatic rings. The number of benzene rings is 1. The smallest absolute Gasteiger partial charge is 0.314 e. The van der Waals surface area contributed by atoms with Crippen molar-refractivity contribution in [3.05, 3.63) is 32.7 Å². The van der Waals surface area contributed by atoms with E-state index in [1.807, 2.05) is 18.2 Å². The van der Waals surface area contributed by atoms with Gasteiger partial charge in [0.1, 0.15) is 0 Å². The molecule has 0 unspecified atom stereocenters. The summed E-state index contributed by atoms with van der Waals surface area (Å²) in [7, 11) is 0. The first-order valence-electron chi connectivity index (χ1n) is 6.83. The van der Waals surface area contributed by atoms with Crippen molar-refractivity contribution in [1.29, 1.82) is 0 Å². The van der Waals surface area contributed by atoms with E-state index in [1.165, 1.54) is 0 Å². The number of nitrogens with one attached hydrogen (secondary N) is 1. The van der Waals surface area contributed by atoms with E-state index >= 15 is 0 Å². The maximum absolute atomic E-state index is 12.6. The predicted octanol–water partition coefficient (Wildman–Crippen LogP) is 4.50. The van der Waals surface area contributed by atoms with Crippen LogP contribution in [-0.4, -0.2) is 37.3 Å². The molecule has 1 saturated heterocycles. The molecule has 2 nitrogen and oxygen atoms in total. The van der Waals surface area contributed by atoms with E-state index in [4.69, 9.17) is 0 Å². The highest BCUT2D eigenvalue weighted by atomic mass is 79.9. The normalized spacial score (nSPS) is 18.7. The van der Waals surface area contributed by atoms with Crippen LogP contribution in [0.4, 0.5) is 13.2 Å². The zero-order chi connectivity index (χ0) is 15.5. The minimum absolute atomic E-state index is 0.0948. The highest BCUT2D eigenvalue weighted by Gasteiger charge is 2.31. The van der Waals surface area contributed by atoms with Crippen molar-refractivity contribution in [2.24, 2.45) is 0 Å². The van der Waals surface area contributed by atoms with Gasteiger partial charge < -0.3 is 5.32 Å². The number of piperazine rings is 1. The van der Waals surface area contributed by atoms with Gasteiger partial charge in [0, 0.05) is 47.6 Å². The molecule has 1 aromatic carbocycles. The minimum atomic E-state index is -4.11. The predicted molar refractivity (Wildman–Crippen MR) is 84.3 cm³/mol. The Morgan fingerprint density at radius 3 is 2.38 bits per heavy atom. The quantitative estimate of drug-likeness (QED) is 0.757. The van der Waals surface area contributed by atoms with Crippen LogP contribution in [0.1, 0.15) is 24.4 Å². The van der Waals surface area contributed by atoms with Crippen LogP contribution in [0.5, 0.6) is 0 Å². The van der Waals surface area contributed by atoms with Gasteiger partial charge in [-0.1, -0.05) is 6.07 Å². The Balaban J connectivity index is 2.18. The first kappa shape index (κ1) is 17.2. The van der Waals surface area contributed by atoms with Crippen molar-refractivity contribution >= 4 is 31.9 Å². The van der Waals surface area contributed by atoms with Crippen molar-refractivity contribution < 1.29 is 13.2 Å². The molecular formula is C14H17Br2F3N2. The third-order valence-electron chi connectivity index (χ3n) is 3.62. The summed E-state index contributed by atoms with van der Waals surface area (Å²) >= 11 is 6.82. The lowest BCUT2D eigenvalue weighted by Crippen LogP contribution is -2.45. The Morgan fingerprint density at radius 1 is 1.14 bits per heavy atom. The number of hydrogen-bond acceptors (Lipinski definition) is 2. The summed E-state index contributed by atoms with van der Waals surface area (Å²) in [6.45, 7) is 3.19. The molecule has 1 N–H and O–H groups in total. The number of hydrogen-bond donors (Lipinski definition) is 1. The van der Waals surface area contributed by atoms with Gasteiger partial charge in [-0.3, -0.25) is 4.90 Å². The average molecular weight is 430 g/mol. The lowest BCUT2D eigenvalue weighted by atomic mass is 9.99. The van der Waals surface area contributed by atoms with Gasteiger partial charge in [-0.05, 0) is 56.0 Å². The Kier molecular flexibility index (Phi) is 6.11. The molecule has 21 heavy (non-hydrogen) atoms. The van der Waals surface area contributed by atoms with E-state index in [9.17, 15) is 13.2 Å². The van der Waals surface area contributed by atoms with Crippen LogP contribution in [0.15, 0.2) is 27.1 Å². The van der Waals surface area contributed by atoms with Crippen molar-refractivity contribution in [1.82, 2.24) is 10.2 Å². The summed E-state index contributed by atoms with van der Waals surface area (Å²) < 4.78 is 39.6. The average Bonchev–Trinajstić information content (AvgIpc) is 2.43. The molecule has 0 saturated carbocycles. The van der Waals surface area contributed by atoms with Crippen LogP contribution in [0.2, 0.25) is 0 Å². The van der Waals surface area contributed by atoms with E-state index in [0.717, 1.165) is 40.7 Å². The zero-order valence-electron chi connectivity index (χ0n) is 11.4. The van der Waals surface area contributed by atoms with E-state index < -0.39 is 12.6 Å². The Bertz CT molecular complexity index is 474. The molecule has 1 aromatic rings. The fraction of sp³-hybridized carbons (Fsp3) is 0.571. The standard InChI is InChI=1S/C14H17Br2F3N2/c15-11-2-1-10(9-12(11)16)13(3-4-14(17,18)19)21-7-5-20-6-8-21/h1-2,9,13,20H,3-8H2/t13-/m1/s1. The fourth-order valence-electron chi connectivity index (χ4n) is 2.57. The number of rotatable bonds is 4. The Labute approximate surface area is 139 Å². The van der Waals surface area contributed by atoms with Gasteiger partial charge in [0.25, 0.3) is 0 Å². The lowest BCUT2D eigenvalue weighted by Gasteiger charge is -2.35. The molecule has 1 atom stereocenters. The molecule has 1 heterocycles. The van der Waals surface area contributed by atoms with Gasteiger partial charge in [-0.2, -0.15) is 13.2 Å². The number of alkyl halides is 3. The molecule has 0 amide bonds. The van der Waals surface area contributed by atoms with Gasteiger partial charge in [-0.25, -0.2) is 0 Å². The van der Waals surface area contributed by atoms with Crippen LogP contribution < -0.4 is 5.32 Å². The number of nitrogens with zero attached hydrogens (tertiary/aromatic N) is 1. The summed E-state index contributed by atoms with van der Waals surface area (Å²) in [5.41, 5.74) is 0.927. The van der Waals surface area contributed by atoms with Crippen LogP contribution in [0.25, 0.3) is 0 Å². The van der Waals surface area contributed by atoms with Gasteiger partial charge in [-0.15, -0.1) is 0 Å². The van der Waals surface area contributed by atoms with Crippen LogP contribution in [0.3, 0.4) is 0 Å². The first-order chi connectivity index (χ1) is 9.87. The molecular weight excluding hydrogens is 413 g/mol. The van der Waals surface area contributed by atoms with E-state index in [2.05, 4.69) is 42.1 Å². The molecule has 7 heteroatoms. The van der Waals surface area contributed by atoms with Gasteiger partial charge >= 0.3 is 6.18 Å². The summed E-state index contributed by atoms with van der Waals surface area (Å²) in [5, 5.41) is 3.23. The van der Waals surface area contributed by atoms with Crippen LogP contribution in [0, 0.1) is 0 Å². The maximum atomic E-state index is 12.6. The topological polar surface area (TPSA) is 15.3 Å². The summed E-state index contributed by atoms with van der Waals surface area (Å²) in [6, 6.07) is 5.49. The van der Waals surface area contributed by atoms with E-state index in [1.54, 1.807) is 0 Å². The minimum Gasteiger partial charge on any atom is -0.314 e. The van der Waals surface area contributed by atoms with Gasteiger partial charge in [0.05, 0.1) is 0 Å². The third kappa shape index (κ3) is 5.23. The van der Waals surface area contributed by atoms with Gasteiger partial charge in [0.15, 0.2) is 0 Å². The Morgan fingerprint density at radius 2 is 1.81 bits per heavy atom. The number of halogens is 5. The molecule has 0 radical (unpaired) electrons. The second-order valence-electron chi connectivity index (χ2n) is 5.13. The molecule has 0 bridgehead atoms.